The highest BCUT2D eigenvalue weighted by atomic mass is 32.2. The molecule has 0 aliphatic heterocycles. The summed E-state index contributed by atoms with van der Waals surface area (Å²) < 4.78 is 23.1. The summed E-state index contributed by atoms with van der Waals surface area (Å²) in [6.07, 6.45) is 1.22. The van der Waals surface area contributed by atoms with Crippen molar-refractivity contribution < 1.29 is 8.42 Å². The molecule has 4 heteroatoms. The van der Waals surface area contributed by atoms with Crippen LogP contribution in [0.3, 0.4) is 0 Å². The van der Waals surface area contributed by atoms with Gasteiger partial charge in [-0.15, -0.1) is 0 Å². The maximum atomic E-state index is 11.6. The van der Waals surface area contributed by atoms with E-state index in [2.05, 4.69) is 4.98 Å². The van der Waals surface area contributed by atoms with Crippen LogP contribution in [0, 0.1) is 6.92 Å². The van der Waals surface area contributed by atoms with Crippen molar-refractivity contribution in [3.8, 4) is 0 Å². The molecule has 0 unspecified atom stereocenters. The second-order valence-corrected chi connectivity index (χ2v) is 5.54. The Balaban J connectivity index is 2.96. The number of sulfone groups is 1. The van der Waals surface area contributed by atoms with Crippen LogP contribution < -0.4 is 0 Å². The highest BCUT2D eigenvalue weighted by molar-refractivity contribution is 7.91. The van der Waals surface area contributed by atoms with Gasteiger partial charge in [-0.2, -0.15) is 0 Å². The molecule has 3 nitrogen and oxygen atoms in total. The molecular formula is C11H11NO2S. The fourth-order valence-corrected chi connectivity index (χ4v) is 2.53. The third kappa shape index (κ3) is 1.85. The molecule has 1 aromatic carbocycles. The van der Waals surface area contributed by atoms with Crippen molar-refractivity contribution in [3.63, 3.8) is 0 Å². The Bertz CT molecular complexity index is 618. The van der Waals surface area contributed by atoms with Gasteiger partial charge in [-0.25, -0.2) is 8.42 Å². The molecule has 15 heavy (non-hydrogen) atoms. The van der Waals surface area contributed by atoms with E-state index in [0.29, 0.717) is 16.0 Å². The number of aromatic nitrogens is 1. The van der Waals surface area contributed by atoms with Crippen LogP contribution in [0.25, 0.3) is 10.9 Å². The molecule has 1 heterocycles. The summed E-state index contributed by atoms with van der Waals surface area (Å²) in [6.45, 7) is 1.79. The van der Waals surface area contributed by atoms with Crippen molar-refractivity contribution in [1.82, 2.24) is 4.98 Å². The van der Waals surface area contributed by atoms with E-state index in [1.807, 2.05) is 18.2 Å². The van der Waals surface area contributed by atoms with Crippen LogP contribution in [0.5, 0.6) is 0 Å². The van der Waals surface area contributed by atoms with E-state index in [0.717, 1.165) is 5.52 Å². The standard InChI is InChI=1S/C11H11NO2S/c1-8-7-11(15(2,13)14)9-5-3-4-6-10(9)12-8/h3-7H,1-2H3. The average molecular weight is 221 g/mol. The lowest BCUT2D eigenvalue weighted by Gasteiger charge is -2.05. The van der Waals surface area contributed by atoms with E-state index in [4.69, 9.17) is 0 Å². The zero-order chi connectivity index (χ0) is 11.1. The van der Waals surface area contributed by atoms with E-state index in [1.54, 1.807) is 19.1 Å². The highest BCUT2D eigenvalue weighted by Crippen LogP contribution is 2.22. The van der Waals surface area contributed by atoms with Crippen LogP contribution in [0.1, 0.15) is 5.69 Å². The van der Waals surface area contributed by atoms with Crippen LogP contribution in [0.4, 0.5) is 0 Å². The topological polar surface area (TPSA) is 47.0 Å². The van der Waals surface area contributed by atoms with Gasteiger partial charge in [0.2, 0.25) is 0 Å². The third-order valence-electron chi connectivity index (χ3n) is 2.21. The van der Waals surface area contributed by atoms with Crippen LogP contribution in [0.2, 0.25) is 0 Å². The second kappa shape index (κ2) is 3.31. The molecule has 0 radical (unpaired) electrons. The summed E-state index contributed by atoms with van der Waals surface area (Å²) in [5.74, 6) is 0. The summed E-state index contributed by atoms with van der Waals surface area (Å²) in [7, 11) is -3.19. The number of hydrogen-bond donors (Lipinski definition) is 0. The summed E-state index contributed by atoms with van der Waals surface area (Å²) in [4.78, 5) is 4.64. The van der Waals surface area contributed by atoms with Gasteiger partial charge < -0.3 is 0 Å². The first-order chi connectivity index (χ1) is 6.98. The minimum atomic E-state index is -3.19. The summed E-state index contributed by atoms with van der Waals surface area (Å²) in [6, 6.07) is 8.86. The zero-order valence-corrected chi connectivity index (χ0v) is 9.38. The minimum absolute atomic E-state index is 0.352. The molecule has 78 valence electrons. The Kier molecular flexibility index (Phi) is 2.23. The molecule has 1 aromatic heterocycles. The Morgan fingerprint density at radius 2 is 1.87 bits per heavy atom. The molecule has 0 spiro atoms. The molecule has 2 rings (SSSR count). The Hall–Kier alpha value is -1.42. The summed E-state index contributed by atoms with van der Waals surface area (Å²) in [5.41, 5.74) is 1.44. The number of benzene rings is 1. The third-order valence-corrected chi connectivity index (χ3v) is 3.34. The molecule has 0 fully saturated rings. The van der Waals surface area contributed by atoms with Crippen molar-refractivity contribution in [2.75, 3.05) is 6.26 Å². The maximum absolute atomic E-state index is 11.6. The van der Waals surface area contributed by atoms with Gasteiger partial charge in [0.25, 0.3) is 0 Å². The van der Waals surface area contributed by atoms with Gasteiger partial charge in [-0.1, -0.05) is 18.2 Å². The van der Waals surface area contributed by atoms with Gasteiger partial charge in [0.15, 0.2) is 9.84 Å². The Morgan fingerprint density at radius 1 is 1.20 bits per heavy atom. The van der Waals surface area contributed by atoms with E-state index < -0.39 is 9.84 Å². The molecule has 0 atom stereocenters. The molecule has 0 N–H and O–H groups in total. The van der Waals surface area contributed by atoms with Gasteiger partial charge >= 0.3 is 0 Å². The van der Waals surface area contributed by atoms with Gasteiger partial charge in [-0.3, -0.25) is 4.98 Å². The molecule has 2 aromatic rings. The number of aryl methyl sites for hydroxylation is 1. The number of fused-ring (bicyclic) bond motifs is 1. The number of para-hydroxylation sites is 1. The Morgan fingerprint density at radius 3 is 2.53 bits per heavy atom. The SMILES string of the molecule is Cc1cc(S(C)(=O)=O)c2ccccc2n1. The van der Waals surface area contributed by atoms with E-state index in [-0.39, 0.29) is 0 Å². The first kappa shape index (κ1) is 10.1. The highest BCUT2D eigenvalue weighted by Gasteiger charge is 2.12. The van der Waals surface area contributed by atoms with Crippen LogP contribution in [-0.2, 0) is 9.84 Å². The predicted molar refractivity (Wildman–Crippen MR) is 59.6 cm³/mol. The predicted octanol–water partition coefficient (Wildman–Crippen LogP) is 1.95. The average Bonchev–Trinajstić information content (AvgIpc) is 2.15. The molecule has 0 saturated carbocycles. The molecule has 0 bridgehead atoms. The summed E-state index contributed by atoms with van der Waals surface area (Å²) in [5, 5.41) is 0.686. The smallest absolute Gasteiger partial charge is 0.176 e. The first-order valence-electron chi connectivity index (χ1n) is 4.55. The lowest BCUT2D eigenvalue weighted by molar-refractivity contribution is 0.602. The van der Waals surface area contributed by atoms with E-state index in [9.17, 15) is 8.42 Å². The van der Waals surface area contributed by atoms with Crippen LogP contribution in [-0.4, -0.2) is 19.7 Å². The van der Waals surface area contributed by atoms with E-state index in [1.165, 1.54) is 6.26 Å². The summed E-state index contributed by atoms with van der Waals surface area (Å²) >= 11 is 0. The van der Waals surface area contributed by atoms with E-state index >= 15 is 0 Å². The number of nitrogens with zero attached hydrogens (tertiary/aromatic N) is 1. The molecule has 0 aliphatic carbocycles. The van der Waals surface area contributed by atoms with Crippen molar-refractivity contribution in [2.24, 2.45) is 0 Å². The first-order valence-corrected chi connectivity index (χ1v) is 6.44. The van der Waals surface area contributed by atoms with Gasteiger partial charge in [0.1, 0.15) is 0 Å². The number of rotatable bonds is 1. The number of pyridine rings is 1. The molecule has 0 amide bonds. The lowest BCUT2D eigenvalue weighted by Crippen LogP contribution is -2.00. The Labute approximate surface area is 88.7 Å². The molecule has 0 saturated heterocycles. The molecule has 0 aliphatic rings. The maximum Gasteiger partial charge on any atom is 0.176 e. The van der Waals surface area contributed by atoms with Gasteiger partial charge in [0.05, 0.1) is 10.4 Å². The second-order valence-electron chi connectivity index (χ2n) is 3.55. The van der Waals surface area contributed by atoms with Crippen molar-refractivity contribution in [1.29, 1.82) is 0 Å². The van der Waals surface area contributed by atoms with Gasteiger partial charge in [0, 0.05) is 17.3 Å². The largest absolute Gasteiger partial charge is 0.253 e. The minimum Gasteiger partial charge on any atom is -0.253 e. The quantitative estimate of drug-likeness (QED) is 0.739. The normalized spacial score (nSPS) is 11.9. The number of hydrogen-bond acceptors (Lipinski definition) is 3. The van der Waals surface area contributed by atoms with Crippen molar-refractivity contribution in [2.45, 2.75) is 11.8 Å². The lowest BCUT2D eigenvalue weighted by atomic mass is 10.2. The van der Waals surface area contributed by atoms with Gasteiger partial charge in [-0.05, 0) is 19.1 Å². The monoisotopic (exact) mass is 221 g/mol. The van der Waals surface area contributed by atoms with Crippen molar-refractivity contribution in [3.05, 3.63) is 36.0 Å². The fourth-order valence-electron chi connectivity index (χ4n) is 1.58. The van der Waals surface area contributed by atoms with Crippen molar-refractivity contribution >= 4 is 20.7 Å². The van der Waals surface area contributed by atoms with Crippen LogP contribution in [0.15, 0.2) is 35.2 Å². The zero-order valence-electron chi connectivity index (χ0n) is 8.56. The molecular weight excluding hydrogens is 210 g/mol. The fraction of sp³-hybridized carbons (Fsp3) is 0.182. The van der Waals surface area contributed by atoms with Crippen LogP contribution >= 0.6 is 0 Å².